The van der Waals surface area contributed by atoms with Crippen LogP contribution in [0.1, 0.15) is 24.9 Å². The minimum atomic E-state index is 0.386. The summed E-state index contributed by atoms with van der Waals surface area (Å²) in [6.07, 6.45) is 6.42. The second kappa shape index (κ2) is 6.19. The molecule has 1 unspecified atom stereocenters. The standard InChI is InChI=1S/C14H20N2/c1-5-11-16(4)14-10-8-7-9-12(14)13(6-2)15-3/h1,7-10,13,15H,6,11H2,2-4H3. The van der Waals surface area contributed by atoms with Crippen molar-refractivity contribution < 1.29 is 0 Å². The Kier molecular flexibility index (Phi) is 4.88. The van der Waals surface area contributed by atoms with Crippen molar-refractivity contribution in [3.63, 3.8) is 0 Å². The zero-order valence-electron chi connectivity index (χ0n) is 10.3. The molecule has 0 aliphatic carbocycles. The molecule has 1 N–H and O–H groups in total. The van der Waals surface area contributed by atoms with Crippen molar-refractivity contribution in [2.45, 2.75) is 19.4 Å². The second-order valence-electron chi connectivity index (χ2n) is 3.87. The third-order valence-corrected chi connectivity index (χ3v) is 2.81. The van der Waals surface area contributed by atoms with Crippen molar-refractivity contribution in [1.29, 1.82) is 0 Å². The van der Waals surface area contributed by atoms with Crippen LogP contribution >= 0.6 is 0 Å². The number of benzene rings is 1. The first-order chi connectivity index (χ1) is 7.74. The van der Waals surface area contributed by atoms with Crippen LogP contribution < -0.4 is 10.2 Å². The Hall–Kier alpha value is -1.46. The minimum Gasteiger partial charge on any atom is -0.363 e. The van der Waals surface area contributed by atoms with Crippen molar-refractivity contribution in [3.05, 3.63) is 29.8 Å². The van der Waals surface area contributed by atoms with E-state index in [-0.39, 0.29) is 0 Å². The monoisotopic (exact) mass is 216 g/mol. The molecular weight excluding hydrogens is 196 g/mol. The quantitative estimate of drug-likeness (QED) is 0.760. The minimum absolute atomic E-state index is 0.386. The van der Waals surface area contributed by atoms with Crippen LogP contribution in [0.4, 0.5) is 5.69 Å². The number of para-hydroxylation sites is 1. The molecule has 0 amide bonds. The first kappa shape index (κ1) is 12.6. The van der Waals surface area contributed by atoms with Crippen LogP contribution in [-0.4, -0.2) is 20.6 Å². The van der Waals surface area contributed by atoms with Crippen LogP contribution in [0.25, 0.3) is 0 Å². The van der Waals surface area contributed by atoms with E-state index in [9.17, 15) is 0 Å². The highest BCUT2D eigenvalue weighted by Crippen LogP contribution is 2.26. The third-order valence-electron chi connectivity index (χ3n) is 2.81. The average molecular weight is 216 g/mol. The molecule has 16 heavy (non-hydrogen) atoms. The second-order valence-corrected chi connectivity index (χ2v) is 3.87. The molecule has 0 spiro atoms. The van der Waals surface area contributed by atoms with Gasteiger partial charge in [-0.3, -0.25) is 0 Å². The molecule has 1 aromatic carbocycles. The number of anilines is 1. The zero-order chi connectivity index (χ0) is 12.0. The Morgan fingerprint density at radius 2 is 2.12 bits per heavy atom. The molecular formula is C14H20N2. The molecule has 0 aliphatic heterocycles. The van der Waals surface area contributed by atoms with Crippen molar-refractivity contribution >= 4 is 5.69 Å². The van der Waals surface area contributed by atoms with E-state index in [1.807, 2.05) is 20.2 Å². The van der Waals surface area contributed by atoms with Gasteiger partial charge in [-0.1, -0.05) is 31.0 Å². The van der Waals surface area contributed by atoms with Gasteiger partial charge in [0.25, 0.3) is 0 Å². The maximum Gasteiger partial charge on any atom is 0.0788 e. The molecule has 0 aliphatic rings. The maximum absolute atomic E-state index is 5.35. The van der Waals surface area contributed by atoms with Gasteiger partial charge in [-0.2, -0.15) is 0 Å². The maximum atomic E-state index is 5.35. The summed E-state index contributed by atoms with van der Waals surface area (Å²) >= 11 is 0. The number of nitrogens with zero attached hydrogens (tertiary/aromatic N) is 1. The summed E-state index contributed by atoms with van der Waals surface area (Å²) < 4.78 is 0. The highest BCUT2D eigenvalue weighted by atomic mass is 15.1. The summed E-state index contributed by atoms with van der Waals surface area (Å²) in [5, 5.41) is 3.33. The van der Waals surface area contributed by atoms with Crippen LogP contribution in [0, 0.1) is 12.3 Å². The zero-order valence-corrected chi connectivity index (χ0v) is 10.3. The van der Waals surface area contributed by atoms with E-state index in [0.29, 0.717) is 12.6 Å². The largest absolute Gasteiger partial charge is 0.363 e. The van der Waals surface area contributed by atoms with Gasteiger partial charge in [0.1, 0.15) is 0 Å². The number of terminal acetylenes is 1. The van der Waals surface area contributed by atoms with Crippen LogP contribution in [0.2, 0.25) is 0 Å². The van der Waals surface area contributed by atoms with Crippen molar-refractivity contribution in [2.24, 2.45) is 0 Å². The first-order valence-corrected chi connectivity index (χ1v) is 5.65. The number of hydrogen-bond donors (Lipinski definition) is 1. The smallest absolute Gasteiger partial charge is 0.0788 e. The van der Waals surface area contributed by atoms with Crippen molar-refractivity contribution in [2.75, 3.05) is 25.5 Å². The van der Waals surface area contributed by atoms with E-state index in [0.717, 1.165) is 6.42 Å². The molecule has 0 saturated heterocycles. The molecule has 86 valence electrons. The number of rotatable bonds is 5. The van der Waals surface area contributed by atoms with Gasteiger partial charge in [-0.15, -0.1) is 6.42 Å². The van der Waals surface area contributed by atoms with E-state index in [1.165, 1.54) is 11.3 Å². The fourth-order valence-corrected chi connectivity index (χ4v) is 1.93. The van der Waals surface area contributed by atoms with E-state index < -0.39 is 0 Å². The summed E-state index contributed by atoms with van der Waals surface area (Å²) in [6, 6.07) is 8.78. The molecule has 1 aromatic rings. The molecule has 1 atom stereocenters. The van der Waals surface area contributed by atoms with Crippen LogP contribution in [0.3, 0.4) is 0 Å². The van der Waals surface area contributed by atoms with Gasteiger partial charge in [0.05, 0.1) is 6.54 Å². The van der Waals surface area contributed by atoms with E-state index >= 15 is 0 Å². The lowest BCUT2D eigenvalue weighted by atomic mass is 10.0. The molecule has 0 bridgehead atoms. The highest BCUT2D eigenvalue weighted by Gasteiger charge is 2.12. The topological polar surface area (TPSA) is 15.3 Å². The van der Waals surface area contributed by atoms with E-state index in [1.54, 1.807) is 0 Å². The molecule has 2 nitrogen and oxygen atoms in total. The predicted molar refractivity (Wildman–Crippen MR) is 70.6 cm³/mol. The van der Waals surface area contributed by atoms with Crippen LogP contribution in [0.15, 0.2) is 24.3 Å². The summed E-state index contributed by atoms with van der Waals surface area (Å²) in [5.74, 6) is 2.67. The van der Waals surface area contributed by atoms with Gasteiger partial charge in [0.2, 0.25) is 0 Å². The lowest BCUT2D eigenvalue weighted by molar-refractivity contribution is 0.576. The SMILES string of the molecule is C#CCN(C)c1ccccc1C(CC)NC. The molecule has 0 fully saturated rings. The third kappa shape index (κ3) is 2.77. The summed E-state index contributed by atoms with van der Waals surface area (Å²) in [4.78, 5) is 2.11. The molecule has 2 heteroatoms. The van der Waals surface area contributed by atoms with Gasteiger partial charge in [-0.25, -0.2) is 0 Å². The van der Waals surface area contributed by atoms with E-state index in [2.05, 4.69) is 41.3 Å². The Labute approximate surface area is 98.7 Å². The van der Waals surface area contributed by atoms with Crippen LogP contribution in [-0.2, 0) is 0 Å². The summed E-state index contributed by atoms with van der Waals surface area (Å²) in [6.45, 7) is 2.82. The fourth-order valence-electron chi connectivity index (χ4n) is 1.93. The number of hydrogen-bond acceptors (Lipinski definition) is 2. The molecule has 0 radical (unpaired) electrons. The lowest BCUT2D eigenvalue weighted by Gasteiger charge is -2.24. The Balaban J connectivity index is 3.04. The summed E-state index contributed by atoms with van der Waals surface area (Å²) in [5.41, 5.74) is 2.52. The van der Waals surface area contributed by atoms with Crippen LogP contribution in [0.5, 0.6) is 0 Å². The van der Waals surface area contributed by atoms with Gasteiger partial charge >= 0.3 is 0 Å². The van der Waals surface area contributed by atoms with Crippen molar-refractivity contribution in [1.82, 2.24) is 5.32 Å². The Morgan fingerprint density at radius 1 is 1.44 bits per heavy atom. The predicted octanol–water partition coefficient (Wildman–Crippen LogP) is 2.43. The fraction of sp³-hybridized carbons (Fsp3) is 0.429. The van der Waals surface area contributed by atoms with E-state index in [4.69, 9.17) is 6.42 Å². The first-order valence-electron chi connectivity index (χ1n) is 5.65. The molecule has 0 aromatic heterocycles. The normalized spacial score (nSPS) is 11.9. The molecule has 0 heterocycles. The Morgan fingerprint density at radius 3 is 2.69 bits per heavy atom. The lowest BCUT2D eigenvalue weighted by Crippen LogP contribution is -2.23. The average Bonchev–Trinajstić information content (AvgIpc) is 2.31. The van der Waals surface area contributed by atoms with Gasteiger partial charge < -0.3 is 10.2 Å². The van der Waals surface area contributed by atoms with Crippen molar-refractivity contribution in [3.8, 4) is 12.3 Å². The van der Waals surface area contributed by atoms with Gasteiger partial charge in [0, 0.05) is 18.8 Å². The number of nitrogens with one attached hydrogen (secondary N) is 1. The molecule has 0 saturated carbocycles. The highest BCUT2D eigenvalue weighted by molar-refractivity contribution is 5.55. The molecule has 1 rings (SSSR count). The van der Waals surface area contributed by atoms with Gasteiger partial charge in [-0.05, 0) is 25.1 Å². The Bertz CT molecular complexity index is 361. The summed E-state index contributed by atoms with van der Waals surface area (Å²) in [7, 11) is 4.02. The van der Waals surface area contributed by atoms with Gasteiger partial charge in [0.15, 0.2) is 0 Å².